The third-order valence-electron chi connectivity index (χ3n) is 1.90. The topological polar surface area (TPSA) is 18.5 Å². The Morgan fingerprint density at radius 3 is 2.60 bits per heavy atom. The van der Waals surface area contributed by atoms with E-state index < -0.39 is 0 Å². The highest BCUT2D eigenvalue weighted by molar-refractivity contribution is 5.19. The maximum Gasteiger partial charge on any atom is 0.166 e. The predicted molar refractivity (Wildman–Crippen MR) is 57.1 cm³/mol. The zero-order valence-electron chi connectivity index (χ0n) is 8.22. The molecule has 1 radical (unpaired) electrons. The lowest BCUT2D eigenvalue weighted by atomic mass is 10.2. The second-order valence-electron chi connectivity index (χ2n) is 3.07. The Morgan fingerprint density at radius 2 is 1.87 bits per heavy atom. The van der Waals surface area contributed by atoms with E-state index in [-0.39, 0.29) is 0 Å². The van der Waals surface area contributed by atoms with Gasteiger partial charge in [-0.05, 0) is 23.8 Å². The van der Waals surface area contributed by atoms with E-state index in [1.807, 2.05) is 48.5 Å². The van der Waals surface area contributed by atoms with Gasteiger partial charge in [0.25, 0.3) is 0 Å². The van der Waals surface area contributed by atoms with Crippen LogP contribution in [0.15, 0.2) is 54.6 Å². The van der Waals surface area contributed by atoms with Crippen LogP contribution in [-0.4, -0.2) is 0 Å². The van der Waals surface area contributed by atoms with Crippen molar-refractivity contribution in [3.05, 3.63) is 66.2 Å². The van der Waals surface area contributed by atoms with Gasteiger partial charge in [-0.3, -0.25) is 0 Å². The molecule has 0 heterocycles. The molecule has 2 aromatic carbocycles. The van der Waals surface area contributed by atoms with E-state index in [1.54, 1.807) is 6.07 Å². The monoisotopic (exact) mass is 199 g/mol. The summed E-state index contributed by atoms with van der Waals surface area (Å²) in [5.41, 5.74) is 1.08. The summed E-state index contributed by atoms with van der Waals surface area (Å²) in [7, 11) is 0. The first-order chi connectivity index (χ1) is 7.45. The lowest BCUT2D eigenvalue weighted by molar-refractivity contribution is -0.217. The summed E-state index contributed by atoms with van der Waals surface area (Å²) >= 11 is 0. The van der Waals surface area contributed by atoms with Crippen molar-refractivity contribution < 1.29 is 9.78 Å². The van der Waals surface area contributed by atoms with Crippen LogP contribution < -0.4 is 4.89 Å². The molecule has 0 aliphatic carbocycles. The van der Waals surface area contributed by atoms with Crippen LogP contribution in [0.2, 0.25) is 0 Å². The van der Waals surface area contributed by atoms with Crippen LogP contribution in [0.1, 0.15) is 5.56 Å². The summed E-state index contributed by atoms with van der Waals surface area (Å²) < 4.78 is 0. The van der Waals surface area contributed by atoms with Crippen LogP contribution in [0.25, 0.3) is 0 Å². The Kier molecular flexibility index (Phi) is 3.36. The Morgan fingerprint density at radius 1 is 1.00 bits per heavy atom. The molecule has 2 aromatic rings. The second kappa shape index (κ2) is 5.17. The number of hydrogen-bond acceptors (Lipinski definition) is 2. The van der Waals surface area contributed by atoms with Crippen LogP contribution in [0.3, 0.4) is 0 Å². The van der Waals surface area contributed by atoms with Crippen molar-refractivity contribution in [2.24, 2.45) is 0 Å². The normalized spacial score (nSPS) is 9.87. The van der Waals surface area contributed by atoms with Gasteiger partial charge in [-0.1, -0.05) is 42.5 Å². The molecular weight excluding hydrogens is 188 g/mol. The molecule has 0 unspecified atom stereocenters. The van der Waals surface area contributed by atoms with Gasteiger partial charge in [0.15, 0.2) is 5.75 Å². The van der Waals surface area contributed by atoms with Gasteiger partial charge in [0.2, 0.25) is 0 Å². The van der Waals surface area contributed by atoms with Crippen LogP contribution in [-0.2, 0) is 11.5 Å². The fourth-order valence-electron chi connectivity index (χ4n) is 1.17. The van der Waals surface area contributed by atoms with Crippen molar-refractivity contribution >= 4 is 0 Å². The summed E-state index contributed by atoms with van der Waals surface area (Å²) in [6.07, 6.45) is 0. The molecule has 0 saturated carbocycles. The Balaban J connectivity index is 1.81. The molecule has 0 fully saturated rings. The van der Waals surface area contributed by atoms with Crippen molar-refractivity contribution in [1.82, 2.24) is 0 Å². The first kappa shape index (κ1) is 9.74. The number of benzene rings is 2. The minimum Gasteiger partial charge on any atom is -0.337 e. The fraction of sp³-hybridized carbons (Fsp3) is 0.0769. The maximum atomic E-state index is 5.09. The molecule has 2 rings (SSSR count). The fourth-order valence-corrected chi connectivity index (χ4v) is 1.17. The third kappa shape index (κ3) is 3.11. The Bertz CT molecular complexity index is 344. The molecule has 0 aliphatic heterocycles. The molecular formula is C13H11O2. The van der Waals surface area contributed by atoms with E-state index in [1.165, 1.54) is 0 Å². The molecule has 0 aliphatic rings. The predicted octanol–water partition coefficient (Wildman–Crippen LogP) is 3.00. The van der Waals surface area contributed by atoms with Gasteiger partial charge in [0.1, 0.15) is 6.61 Å². The number of rotatable bonds is 4. The summed E-state index contributed by atoms with van der Waals surface area (Å²) in [4.78, 5) is 10.2. The summed E-state index contributed by atoms with van der Waals surface area (Å²) in [5, 5.41) is 0. The van der Waals surface area contributed by atoms with Gasteiger partial charge in [-0.15, -0.1) is 0 Å². The summed E-state index contributed by atoms with van der Waals surface area (Å²) in [6, 6.07) is 20.0. The van der Waals surface area contributed by atoms with Gasteiger partial charge in [0, 0.05) is 0 Å². The molecule has 0 saturated heterocycles. The third-order valence-corrected chi connectivity index (χ3v) is 1.90. The minimum atomic E-state index is 0.440. The minimum absolute atomic E-state index is 0.440. The van der Waals surface area contributed by atoms with Gasteiger partial charge < -0.3 is 4.89 Å². The van der Waals surface area contributed by atoms with Gasteiger partial charge in [0.05, 0.1) is 0 Å². The van der Waals surface area contributed by atoms with Gasteiger partial charge >= 0.3 is 0 Å². The van der Waals surface area contributed by atoms with Crippen LogP contribution in [0.5, 0.6) is 5.75 Å². The molecule has 75 valence electrons. The lowest BCUT2D eigenvalue weighted by Crippen LogP contribution is -1.97. The van der Waals surface area contributed by atoms with Crippen molar-refractivity contribution in [3.63, 3.8) is 0 Å². The molecule has 0 bridgehead atoms. The highest BCUT2D eigenvalue weighted by atomic mass is 17.2. The first-order valence-electron chi connectivity index (χ1n) is 4.75. The second-order valence-corrected chi connectivity index (χ2v) is 3.07. The average Bonchev–Trinajstić information content (AvgIpc) is 2.32. The molecule has 0 atom stereocenters. The van der Waals surface area contributed by atoms with Gasteiger partial charge in [-0.25, -0.2) is 0 Å². The van der Waals surface area contributed by atoms with E-state index in [0.717, 1.165) is 5.56 Å². The molecule has 0 spiro atoms. The smallest absolute Gasteiger partial charge is 0.166 e. The van der Waals surface area contributed by atoms with Crippen molar-refractivity contribution in [3.8, 4) is 5.75 Å². The Hall–Kier alpha value is -1.80. The largest absolute Gasteiger partial charge is 0.337 e. The Labute approximate surface area is 89.0 Å². The first-order valence-corrected chi connectivity index (χ1v) is 4.75. The van der Waals surface area contributed by atoms with Crippen LogP contribution >= 0.6 is 0 Å². The van der Waals surface area contributed by atoms with E-state index >= 15 is 0 Å². The van der Waals surface area contributed by atoms with Crippen molar-refractivity contribution in [1.29, 1.82) is 0 Å². The van der Waals surface area contributed by atoms with Crippen molar-refractivity contribution in [2.45, 2.75) is 6.61 Å². The van der Waals surface area contributed by atoms with E-state index in [9.17, 15) is 0 Å². The van der Waals surface area contributed by atoms with E-state index in [4.69, 9.17) is 9.78 Å². The maximum absolute atomic E-state index is 5.09. The summed E-state index contributed by atoms with van der Waals surface area (Å²) in [5.74, 6) is 0.661. The molecule has 0 N–H and O–H groups in total. The van der Waals surface area contributed by atoms with E-state index in [2.05, 4.69) is 6.07 Å². The standard InChI is InChI=1S/C13H11O2/c1-3-7-12(8-4-1)11-14-15-13-9-5-2-6-10-13/h1-5,7-10H,11H2. The summed E-state index contributed by atoms with van der Waals surface area (Å²) in [6.45, 7) is 0.440. The van der Waals surface area contributed by atoms with E-state index in [0.29, 0.717) is 12.4 Å². The van der Waals surface area contributed by atoms with Crippen molar-refractivity contribution in [2.75, 3.05) is 0 Å². The molecule has 15 heavy (non-hydrogen) atoms. The molecule has 0 aromatic heterocycles. The van der Waals surface area contributed by atoms with Gasteiger partial charge in [-0.2, -0.15) is 4.89 Å². The molecule has 2 heteroatoms. The SMILES string of the molecule is [c]1cccc(OOCc2ccccc2)c1. The number of hydrogen-bond donors (Lipinski definition) is 0. The zero-order valence-corrected chi connectivity index (χ0v) is 8.22. The lowest BCUT2D eigenvalue weighted by Gasteiger charge is -2.04. The van der Waals surface area contributed by atoms with Crippen LogP contribution in [0.4, 0.5) is 0 Å². The average molecular weight is 199 g/mol. The molecule has 2 nitrogen and oxygen atoms in total. The highest BCUT2D eigenvalue weighted by Gasteiger charge is 1.94. The quantitative estimate of drug-likeness (QED) is 0.556. The molecule has 0 amide bonds. The highest BCUT2D eigenvalue weighted by Crippen LogP contribution is 2.09. The van der Waals surface area contributed by atoms with Crippen LogP contribution in [0, 0.1) is 6.07 Å². The zero-order chi connectivity index (χ0) is 10.3.